The molecule has 0 fully saturated rings. The first-order valence-electron chi connectivity index (χ1n) is 3.89. The van der Waals surface area contributed by atoms with Crippen molar-refractivity contribution >= 4 is 5.97 Å². The van der Waals surface area contributed by atoms with Crippen LogP contribution in [0.25, 0.3) is 0 Å². The van der Waals surface area contributed by atoms with Crippen molar-refractivity contribution in [1.82, 2.24) is 4.98 Å². The third-order valence-corrected chi connectivity index (χ3v) is 1.71. The van der Waals surface area contributed by atoms with E-state index in [9.17, 15) is 13.6 Å². The minimum absolute atomic E-state index is 0.187. The summed E-state index contributed by atoms with van der Waals surface area (Å²) >= 11 is 0. The Morgan fingerprint density at radius 1 is 1.57 bits per heavy atom. The molecule has 0 atom stereocenters. The molecule has 0 aliphatic carbocycles. The maximum atomic E-state index is 12.5. The molecule has 5 heteroatoms. The minimum atomic E-state index is -2.70. The SMILES string of the molecule is COC(=O)c1cnc(C)cc1C(F)F. The Balaban J connectivity index is 3.21. The van der Waals surface area contributed by atoms with Crippen molar-refractivity contribution in [3.63, 3.8) is 0 Å². The zero-order chi connectivity index (χ0) is 10.7. The lowest BCUT2D eigenvalue weighted by molar-refractivity contribution is 0.0588. The van der Waals surface area contributed by atoms with Gasteiger partial charge in [0, 0.05) is 17.5 Å². The Bertz CT molecular complexity index is 353. The molecule has 0 aliphatic rings. The summed E-state index contributed by atoms with van der Waals surface area (Å²) in [5.74, 6) is -0.798. The average Bonchev–Trinajstić information content (AvgIpc) is 2.16. The molecule has 0 amide bonds. The maximum absolute atomic E-state index is 12.5. The van der Waals surface area contributed by atoms with Crippen LogP contribution in [0.5, 0.6) is 0 Å². The number of pyridine rings is 1. The molecule has 1 heterocycles. The highest BCUT2D eigenvalue weighted by Crippen LogP contribution is 2.23. The molecule has 3 nitrogen and oxygen atoms in total. The summed E-state index contributed by atoms with van der Waals surface area (Å²) in [7, 11) is 1.14. The van der Waals surface area contributed by atoms with E-state index in [0.29, 0.717) is 5.69 Å². The number of rotatable bonds is 2. The molecular weight excluding hydrogens is 192 g/mol. The third-order valence-electron chi connectivity index (χ3n) is 1.71. The van der Waals surface area contributed by atoms with Gasteiger partial charge in [0.15, 0.2) is 0 Å². The fraction of sp³-hybridized carbons (Fsp3) is 0.333. The van der Waals surface area contributed by atoms with E-state index in [-0.39, 0.29) is 11.1 Å². The summed E-state index contributed by atoms with van der Waals surface area (Å²) in [6, 6.07) is 1.18. The van der Waals surface area contributed by atoms with Gasteiger partial charge in [0.1, 0.15) is 0 Å². The van der Waals surface area contributed by atoms with Crippen LogP contribution < -0.4 is 0 Å². The molecule has 0 aromatic carbocycles. The number of aryl methyl sites for hydroxylation is 1. The van der Waals surface area contributed by atoms with Gasteiger partial charge >= 0.3 is 5.97 Å². The first kappa shape index (κ1) is 10.6. The highest BCUT2D eigenvalue weighted by atomic mass is 19.3. The van der Waals surface area contributed by atoms with Crippen LogP contribution >= 0.6 is 0 Å². The lowest BCUT2D eigenvalue weighted by atomic mass is 10.1. The molecular formula is C9H9F2NO2. The van der Waals surface area contributed by atoms with Gasteiger partial charge in [0.2, 0.25) is 0 Å². The normalized spacial score (nSPS) is 10.4. The topological polar surface area (TPSA) is 39.2 Å². The number of hydrogen-bond acceptors (Lipinski definition) is 3. The van der Waals surface area contributed by atoms with Gasteiger partial charge in [0.25, 0.3) is 6.43 Å². The first-order valence-corrected chi connectivity index (χ1v) is 3.89. The second-order valence-electron chi connectivity index (χ2n) is 2.71. The summed E-state index contributed by atoms with van der Waals surface area (Å²) in [6.07, 6.45) is -1.60. The van der Waals surface area contributed by atoms with Gasteiger partial charge in [-0.1, -0.05) is 0 Å². The van der Waals surface area contributed by atoms with Crippen LogP contribution in [0.2, 0.25) is 0 Å². The lowest BCUT2D eigenvalue weighted by Gasteiger charge is -2.06. The first-order chi connectivity index (χ1) is 6.56. The predicted molar refractivity (Wildman–Crippen MR) is 45.3 cm³/mol. The largest absolute Gasteiger partial charge is 0.465 e. The van der Waals surface area contributed by atoms with Crippen molar-refractivity contribution in [1.29, 1.82) is 0 Å². The Morgan fingerprint density at radius 2 is 2.21 bits per heavy atom. The monoisotopic (exact) mass is 201 g/mol. The third kappa shape index (κ3) is 2.04. The Labute approximate surface area is 79.7 Å². The van der Waals surface area contributed by atoms with E-state index in [4.69, 9.17) is 0 Å². The molecule has 0 saturated heterocycles. The van der Waals surface area contributed by atoms with Crippen LogP contribution in [0, 0.1) is 6.92 Å². The van der Waals surface area contributed by atoms with E-state index < -0.39 is 12.4 Å². The van der Waals surface area contributed by atoms with Gasteiger partial charge in [-0.15, -0.1) is 0 Å². The zero-order valence-corrected chi connectivity index (χ0v) is 7.75. The lowest BCUT2D eigenvalue weighted by Crippen LogP contribution is -2.07. The van der Waals surface area contributed by atoms with Gasteiger partial charge in [-0.2, -0.15) is 0 Å². The quantitative estimate of drug-likeness (QED) is 0.688. The van der Waals surface area contributed by atoms with Crippen molar-refractivity contribution in [2.45, 2.75) is 13.3 Å². The van der Waals surface area contributed by atoms with Crippen LogP contribution in [0.1, 0.15) is 28.0 Å². The molecule has 14 heavy (non-hydrogen) atoms. The predicted octanol–water partition coefficient (Wildman–Crippen LogP) is 2.11. The Kier molecular flexibility index (Phi) is 3.11. The molecule has 1 rings (SSSR count). The Morgan fingerprint density at radius 3 is 2.71 bits per heavy atom. The number of hydrogen-bond donors (Lipinski definition) is 0. The molecule has 0 aliphatic heterocycles. The van der Waals surface area contributed by atoms with E-state index in [1.807, 2.05) is 0 Å². The van der Waals surface area contributed by atoms with Crippen LogP contribution in [-0.4, -0.2) is 18.1 Å². The fourth-order valence-corrected chi connectivity index (χ4v) is 1.04. The van der Waals surface area contributed by atoms with Crippen LogP contribution in [0.3, 0.4) is 0 Å². The summed E-state index contributed by atoms with van der Waals surface area (Å²) in [5.41, 5.74) is -0.0922. The summed E-state index contributed by atoms with van der Waals surface area (Å²) in [4.78, 5) is 14.8. The zero-order valence-electron chi connectivity index (χ0n) is 7.75. The molecule has 0 bridgehead atoms. The molecule has 1 aromatic heterocycles. The molecule has 0 unspecified atom stereocenters. The van der Waals surface area contributed by atoms with Crippen molar-refractivity contribution in [2.24, 2.45) is 0 Å². The number of methoxy groups -OCH3 is 1. The molecule has 1 aromatic rings. The van der Waals surface area contributed by atoms with Crippen molar-refractivity contribution in [3.8, 4) is 0 Å². The average molecular weight is 201 g/mol. The van der Waals surface area contributed by atoms with Gasteiger partial charge in [0.05, 0.1) is 12.7 Å². The van der Waals surface area contributed by atoms with Gasteiger partial charge in [-0.25, -0.2) is 13.6 Å². The number of aromatic nitrogens is 1. The van der Waals surface area contributed by atoms with Crippen molar-refractivity contribution < 1.29 is 18.3 Å². The van der Waals surface area contributed by atoms with Crippen LogP contribution in [-0.2, 0) is 4.74 Å². The fourth-order valence-electron chi connectivity index (χ4n) is 1.04. The number of carbonyl (C=O) groups is 1. The summed E-state index contributed by atoms with van der Waals surface area (Å²) < 4.78 is 29.3. The van der Waals surface area contributed by atoms with E-state index in [0.717, 1.165) is 13.3 Å². The molecule has 0 spiro atoms. The van der Waals surface area contributed by atoms with E-state index in [2.05, 4.69) is 9.72 Å². The maximum Gasteiger partial charge on any atom is 0.339 e. The number of alkyl halides is 2. The summed E-state index contributed by atoms with van der Waals surface area (Å²) in [5, 5.41) is 0. The second kappa shape index (κ2) is 4.13. The number of halogens is 2. The van der Waals surface area contributed by atoms with E-state index >= 15 is 0 Å². The van der Waals surface area contributed by atoms with Gasteiger partial charge < -0.3 is 4.74 Å². The van der Waals surface area contributed by atoms with E-state index in [1.165, 1.54) is 6.07 Å². The van der Waals surface area contributed by atoms with E-state index in [1.54, 1.807) is 6.92 Å². The van der Waals surface area contributed by atoms with Gasteiger partial charge in [-0.05, 0) is 13.0 Å². The molecule has 0 N–H and O–H groups in total. The standard InChI is InChI=1S/C9H9F2NO2/c1-5-3-6(8(10)11)7(4-12-5)9(13)14-2/h3-4,8H,1-2H3. The van der Waals surface area contributed by atoms with Crippen LogP contribution in [0.4, 0.5) is 8.78 Å². The number of nitrogens with zero attached hydrogens (tertiary/aromatic N) is 1. The van der Waals surface area contributed by atoms with Gasteiger partial charge in [-0.3, -0.25) is 4.98 Å². The second-order valence-corrected chi connectivity index (χ2v) is 2.71. The molecule has 76 valence electrons. The molecule has 0 radical (unpaired) electrons. The smallest absolute Gasteiger partial charge is 0.339 e. The number of carbonyl (C=O) groups excluding carboxylic acids is 1. The van der Waals surface area contributed by atoms with Crippen molar-refractivity contribution in [2.75, 3.05) is 7.11 Å². The minimum Gasteiger partial charge on any atom is -0.465 e. The highest BCUT2D eigenvalue weighted by Gasteiger charge is 2.19. The summed E-state index contributed by atoms with van der Waals surface area (Å²) in [6.45, 7) is 1.58. The van der Waals surface area contributed by atoms with Crippen LogP contribution in [0.15, 0.2) is 12.3 Å². The highest BCUT2D eigenvalue weighted by molar-refractivity contribution is 5.90. The molecule has 0 saturated carbocycles. The number of ether oxygens (including phenoxy) is 1. The number of esters is 1. The Hall–Kier alpha value is -1.52. The van der Waals surface area contributed by atoms with Crippen molar-refractivity contribution in [3.05, 3.63) is 29.1 Å².